The van der Waals surface area contributed by atoms with E-state index in [0.29, 0.717) is 0 Å². The van der Waals surface area contributed by atoms with Crippen molar-refractivity contribution in [3.8, 4) is 6.07 Å². The second-order valence-corrected chi connectivity index (χ2v) is 2.83. The van der Waals surface area contributed by atoms with Gasteiger partial charge in [0.25, 0.3) is 6.43 Å². The van der Waals surface area contributed by atoms with Crippen LogP contribution in [0, 0.1) is 17.3 Å². The molecule has 1 aromatic heterocycles. The van der Waals surface area contributed by atoms with Gasteiger partial charge in [-0.25, -0.2) is 13.8 Å². The quantitative estimate of drug-likeness (QED) is 0.719. The van der Waals surface area contributed by atoms with Gasteiger partial charge in [0.2, 0.25) is 5.95 Å². The van der Waals surface area contributed by atoms with Gasteiger partial charge in [-0.15, -0.1) is 0 Å². The third-order valence-electron chi connectivity index (χ3n) is 1.60. The molecule has 1 aromatic rings. The largest absolute Gasteiger partial charge is 0.265 e. The summed E-state index contributed by atoms with van der Waals surface area (Å²) in [6, 6.07) is 1.58. The van der Waals surface area contributed by atoms with Crippen LogP contribution in [0.3, 0.4) is 0 Å². The molecule has 0 amide bonds. The lowest BCUT2D eigenvalue weighted by Crippen LogP contribution is -2.01. The number of nitrogens with zero attached hydrogens (tertiary/aromatic N) is 2. The maximum Gasteiger partial charge on any atom is 0.265 e. The molecule has 0 unspecified atom stereocenters. The third-order valence-corrected chi connectivity index (χ3v) is 1.90. The van der Waals surface area contributed by atoms with Crippen LogP contribution in [0.1, 0.15) is 17.6 Å². The van der Waals surface area contributed by atoms with Gasteiger partial charge in [0.05, 0.1) is 17.5 Å². The summed E-state index contributed by atoms with van der Waals surface area (Å²) in [6.07, 6.45) is -2.58. The molecule has 0 saturated carbocycles. The Labute approximate surface area is 82.9 Å². The summed E-state index contributed by atoms with van der Waals surface area (Å²) in [5.74, 6) is -1.08. The van der Waals surface area contributed by atoms with Crippen LogP contribution in [-0.2, 0) is 6.42 Å². The van der Waals surface area contributed by atoms with Crippen LogP contribution in [0.2, 0.25) is 5.02 Å². The molecule has 74 valence electrons. The first-order valence-electron chi connectivity index (χ1n) is 3.55. The standard InChI is InChI=1S/C8H4ClF3N2/c9-5-3-14-8(12)4(1-2-13)6(5)7(10)11/h3,7H,1H2. The van der Waals surface area contributed by atoms with Crippen LogP contribution in [-0.4, -0.2) is 4.98 Å². The maximum atomic E-state index is 12.9. The molecule has 0 saturated heterocycles. The summed E-state index contributed by atoms with van der Waals surface area (Å²) in [7, 11) is 0. The molecule has 2 nitrogen and oxygen atoms in total. The molecule has 0 radical (unpaired) electrons. The maximum absolute atomic E-state index is 12.9. The van der Waals surface area contributed by atoms with Crippen LogP contribution in [0.5, 0.6) is 0 Å². The van der Waals surface area contributed by atoms with Crippen molar-refractivity contribution in [3.05, 3.63) is 28.3 Å². The van der Waals surface area contributed by atoms with Crippen molar-refractivity contribution in [2.75, 3.05) is 0 Å². The number of alkyl halides is 2. The van der Waals surface area contributed by atoms with E-state index in [1.807, 2.05) is 0 Å². The molecule has 0 aromatic carbocycles. The van der Waals surface area contributed by atoms with Crippen molar-refractivity contribution < 1.29 is 13.2 Å². The second-order valence-electron chi connectivity index (χ2n) is 2.42. The number of hydrogen-bond donors (Lipinski definition) is 0. The van der Waals surface area contributed by atoms with E-state index in [0.717, 1.165) is 6.20 Å². The Morgan fingerprint density at radius 3 is 2.71 bits per heavy atom. The molecule has 0 N–H and O–H groups in total. The Balaban J connectivity index is 3.35. The molecule has 1 heterocycles. The van der Waals surface area contributed by atoms with Crippen molar-refractivity contribution in [2.24, 2.45) is 0 Å². The predicted molar refractivity (Wildman–Crippen MR) is 43.5 cm³/mol. The first kappa shape index (κ1) is 10.8. The highest BCUT2D eigenvalue weighted by Crippen LogP contribution is 2.30. The van der Waals surface area contributed by atoms with Gasteiger partial charge in [-0.3, -0.25) is 0 Å². The highest BCUT2D eigenvalue weighted by atomic mass is 35.5. The Hall–Kier alpha value is -1.28. The van der Waals surface area contributed by atoms with E-state index in [2.05, 4.69) is 4.98 Å². The molecular formula is C8H4ClF3N2. The number of rotatable bonds is 2. The molecule has 0 aliphatic rings. The zero-order valence-corrected chi connectivity index (χ0v) is 7.52. The second kappa shape index (κ2) is 4.29. The van der Waals surface area contributed by atoms with Gasteiger partial charge >= 0.3 is 0 Å². The van der Waals surface area contributed by atoms with Crippen molar-refractivity contribution in [1.82, 2.24) is 4.98 Å². The summed E-state index contributed by atoms with van der Waals surface area (Å²) < 4.78 is 37.7. The van der Waals surface area contributed by atoms with E-state index >= 15 is 0 Å². The lowest BCUT2D eigenvalue weighted by molar-refractivity contribution is 0.149. The van der Waals surface area contributed by atoms with Gasteiger partial charge in [-0.1, -0.05) is 11.6 Å². The first-order valence-corrected chi connectivity index (χ1v) is 3.93. The van der Waals surface area contributed by atoms with Crippen LogP contribution >= 0.6 is 11.6 Å². The molecule has 1 rings (SSSR count). The number of hydrogen-bond acceptors (Lipinski definition) is 2. The fourth-order valence-electron chi connectivity index (χ4n) is 0.999. The highest BCUT2D eigenvalue weighted by molar-refractivity contribution is 6.31. The average Bonchev–Trinajstić information content (AvgIpc) is 2.11. The number of aromatic nitrogens is 1. The van der Waals surface area contributed by atoms with Crippen LogP contribution in [0.4, 0.5) is 13.2 Å². The normalized spacial score (nSPS) is 10.3. The number of nitriles is 1. The Morgan fingerprint density at radius 2 is 2.21 bits per heavy atom. The van der Waals surface area contributed by atoms with Gasteiger partial charge in [0, 0.05) is 17.3 Å². The number of halogens is 4. The number of pyridine rings is 1. The predicted octanol–water partition coefficient (Wildman–Crippen LogP) is 2.88. The zero-order chi connectivity index (χ0) is 10.7. The molecule has 6 heteroatoms. The highest BCUT2D eigenvalue weighted by Gasteiger charge is 2.21. The van der Waals surface area contributed by atoms with E-state index in [9.17, 15) is 13.2 Å². The first-order chi connectivity index (χ1) is 6.57. The van der Waals surface area contributed by atoms with Gasteiger partial charge in [-0.05, 0) is 0 Å². The van der Waals surface area contributed by atoms with Gasteiger partial charge in [0.15, 0.2) is 0 Å². The van der Waals surface area contributed by atoms with Crippen molar-refractivity contribution in [2.45, 2.75) is 12.8 Å². The van der Waals surface area contributed by atoms with Crippen LogP contribution < -0.4 is 0 Å². The van der Waals surface area contributed by atoms with Crippen molar-refractivity contribution >= 4 is 11.6 Å². The minimum Gasteiger partial charge on any atom is -0.226 e. The minimum atomic E-state index is -2.91. The fraction of sp³-hybridized carbons (Fsp3) is 0.250. The Bertz CT molecular complexity index is 387. The van der Waals surface area contributed by atoms with Gasteiger partial charge in [0.1, 0.15) is 0 Å². The molecule has 0 spiro atoms. The van der Waals surface area contributed by atoms with Crippen LogP contribution in [0.15, 0.2) is 6.20 Å². The molecule has 14 heavy (non-hydrogen) atoms. The summed E-state index contributed by atoms with van der Waals surface area (Å²) in [5.41, 5.74) is -1.09. The van der Waals surface area contributed by atoms with E-state index < -0.39 is 29.9 Å². The molecular weight excluding hydrogens is 217 g/mol. The Morgan fingerprint density at radius 1 is 1.57 bits per heavy atom. The van der Waals surface area contributed by atoms with E-state index in [4.69, 9.17) is 16.9 Å². The van der Waals surface area contributed by atoms with E-state index in [1.54, 1.807) is 6.07 Å². The summed E-state index contributed by atoms with van der Waals surface area (Å²) in [4.78, 5) is 3.16. The summed E-state index contributed by atoms with van der Waals surface area (Å²) >= 11 is 5.41. The van der Waals surface area contributed by atoms with Gasteiger partial charge in [-0.2, -0.15) is 9.65 Å². The van der Waals surface area contributed by atoms with Crippen LogP contribution in [0.25, 0.3) is 0 Å². The topological polar surface area (TPSA) is 36.7 Å². The third kappa shape index (κ3) is 1.96. The molecule has 0 fully saturated rings. The van der Waals surface area contributed by atoms with E-state index in [-0.39, 0.29) is 5.02 Å². The fourth-order valence-corrected chi connectivity index (χ4v) is 1.24. The van der Waals surface area contributed by atoms with E-state index in [1.165, 1.54) is 0 Å². The minimum absolute atomic E-state index is 0.327. The van der Waals surface area contributed by atoms with Crippen molar-refractivity contribution in [3.63, 3.8) is 0 Å². The smallest absolute Gasteiger partial charge is 0.226 e. The van der Waals surface area contributed by atoms with Gasteiger partial charge < -0.3 is 0 Å². The Kier molecular flexibility index (Phi) is 3.31. The lowest BCUT2D eigenvalue weighted by atomic mass is 10.1. The SMILES string of the molecule is N#CCc1c(F)ncc(Cl)c1C(F)F. The molecule has 0 aliphatic carbocycles. The lowest BCUT2D eigenvalue weighted by Gasteiger charge is -2.07. The van der Waals surface area contributed by atoms with Crippen molar-refractivity contribution in [1.29, 1.82) is 5.26 Å². The monoisotopic (exact) mass is 220 g/mol. The molecule has 0 aliphatic heterocycles. The zero-order valence-electron chi connectivity index (χ0n) is 6.77. The average molecular weight is 221 g/mol. The summed E-state index contributed by atoms with van der Waals surface area (Å²) in [6.45, 7) is 0. The molecule has 0 bridgehead atoms. The molecule has 0 atom stereocenters. The summed E-state index contributed by atoms with van der Waals surface area (Å²) in [5, 5.41) is 7.98.